The Labute approximate surface area is 191 Å². The maximum Gasteiger partial charge on any atom is 0.238 e. The molecule has 0 aliphatic carbocycles. The molecule has 2 aliphatic rings. The number of aromatic nitrogens is 2. The van der Waals surface area contributed by atoms with E-state index in [1.165, 1.54) is 5.56 Å². The van der Waals surface area contributed by atoms with E-state index < -0.39 is 0 Å². The Kier molecular flexibility index (Phi) is 7.45. The molecule has 1 aromatic carbocycles. The number of carbonyl (C=O) groups excluding carboxylic acids is 1. The molecule has 0 N–H and O–H groups in total. The van der Waals surface area contributed by atoms with Crippen molar-refractivity contribution in [1.82, 2.24) is 20.0 Å². The van der Waals surface area contributed by atoms with E-state index in [0.29, 0.717) is 24.1 Å². The predicted molar refractivity (Wildman–Crippen MR) is 122 cm³/mol. The maximum atomic E-state index is 12.7. The molecule has 0 radical (unpaired) electrons. The van der Waals surface area contributed by atoms with Gasteiger partial charge < -0.3 is 14.1 Å². The van der Waals surface area contributed by atoms with Crippen molar-refractivity contribution in [1.29, 1.82) is 0 Å². The zero-order valence-corrected chi connectivity index (χ0v) is 19.6. The second kappa shape index (κ2) is 10.5. The first-order chi connectivity index (χ1) is 15.5. The van der Waals surface area contributed by atoms with Crippen molar-refractivity contribution in [3.05, 3.63) is 41.6 Å². The minimum absolute atomic E-state index is 0.0654. The third kappa shape index (κ3) is 5.49. The molecule has 1 aromatic heterocycles. The number of hydrogen-bond acceptors (Lipinski definition) is 6. The number of ether oxygens (including phenoxy) is 1. The standard InChI is InChI=1S/C25H36N4O3/c1-18(2)15-23(30)29-12-5-4-9-22(29)25-27-26-24(32-25)20-10-13-28(14-11-20)17-19-7-6-8-21(16-19)31-3/h6-8,16,18,20,22H,4-5,9-15,17H2,1-3H3/t22-/m1/s1. The lowest BCUT2D eigenvalue weighted by molar-refractivity contribution is -0.136. The lowest BCUT2D eigenvalue weighted by atomic mass is 9.96. The Morgan fingerprint density at radius 2 is 1.91 bits per heavy atom. The number of methoxy groups -OCH3 is 1. The van der Waals surface area contributed by atoms with E-state index in [-0.39, 0.29) is 11.9 Å². The smallest absolute Gasteiger partial charge is 0.238 e. The predicted octanol–water partition coefficient (Wildman–Crippen LogP) is 4.56. The summed E-state index contributed by atoms with van der Waals surface area (Å²) in [6.07, 6.45) is 5.63. The van der Waals surface area contributed by atoms with Gasteiger partial charge in [-0.1, -0.05) is 26.0 Å². The SMILES string of the molecule is COc1cccc(CN2CCC(c3nnc([C@H]4CCCCN4C(=O)CC(C)C)o3)CC2)c1. The zero-order chi connectivity index (χ0) is 22.5. The molecule has 0 bridgehead atoms. The van der Waals surface area contributed by atoms with Gasteiger partial charge in [-0.15, -0.1) is 10.2 Å². The third-order valence-corrected chi connectivity index (χ3v) is 6.62. The summed E-state index contributed by atoms with van der Waals surface area (Å²) in [5.41, 5.74) is 1.27. The fraction of sp³-hybridized carbons (Fsp3) is 0.640. The van der Waals surface area contributed by atoms with Gasteiger partial charge in [0.2, 0.25) is 17.7 Å². The van der Waals surface area contributed by atoms with Gasteiger partial charge in [-0.05, 0) is 68.8 Å². The highest BCUT2D eigenvalue weighted by molar-refractivity contribution is 5.76. The van der Waals surface area contributed by atoms with Crippen molar-refractivity contribution in [2.24, 2.45) is 5.92 Å². The summed E-state index contributed by atoms with van der Waals surface area (Å²) in [5, 5.41) is 8.81. The lowest BCUT2D eigenvalue weighted by Gasteiger charge is -2.34. The van der Waals surface area contributed by atoms with Crippen molar-refractivity contribution in [3.63, 3.8) is 0 Å². The van der Waals surface area contributed by atoms with Gasteiger partial charge in [0.05, 0.1) is 7.11 Å². The van der Waals surface area contributed by atoms with E-state index >= 15 is 0 Å². The van der Waals surface area contributed by atoms with Gasteiger partial charge in [0, 0.05) is 25.4 Å². The number of rotatable bonds is 7. The molecular weight excluding hydrogens is 404 g/mol. The van der Waals surface area contributed by atoms with Crippen molar-refractivity contribution >= 4 is 5.91 Å². The van der Waals surface area contributed by atoms with Gasteiger partial charge in [-0.25, -0.2) is 0 Å². The van der Waals surface area contributed by atoms with E-state index in [1.54, 1.807) is 7.11 Å². The van der Waals surface area contributed by atoms with Crippen LogP contribution in [0.1, 0.15) is 81.7 Å². The quantitative estimate of drug-likeness (QED) is 0.629. The fourth-order valence-corrected chi connectivity index (χ4v) is 4.87. The van der Waals surface area contributed by atoms with Crippen LogP contribution in [0.15, 0.2) is 28.7 Å². The number of hydrogen-bond donors (Lipinski definition) is 0. The van der Waals surface area contributed by atoms with Gasteiger partial charge in [0.25, 0.3) is 0 Å². The number of nitrogens with zero attached hydrogens (tertiary/aromatic N) is 4. The van der Waals surface area contributed by atoms with E-state index in [9.17, 15) is 4.79 Å². The summed E-state index contributed by atoms with van der Waals surface area (Å²) >= 11 is 0. The molecular formula is C25H36N4O3. The van der Waals surface area contributed by atoms with Gasteiger partial charge >= 0.3 is 0 Å². The third-order valence-electron chi connectivity index (χ3n) is 6.62. The second-order valence-electron chi connectivity index (χ2n) is 9.58. The van der Waals surface area contributed by atoms with E-state index in [0.717, 1.165) is 69.9 Å². The Morgan fingerprint density at radius 1 is 1.12 bits per heavy atom. The van der Waals surface area contributed by atoms with Crippen LogP contribution in [-0.2, 0) is 11.3 Å². The van der Waals surface area contributed by atoms with Gasteiger partial charge in [0.1, 0.15) is 11.8 Å². The first-order valence-corrected chi connectivity index (χ1v) is 12.0. The molecule has 2 aromatic rings. The number of amides is 1. The molecule has 2 fully saturated rings. The first-order valence-electron chi connectivity index (χ1n) is 12.0. The van der Waals surface area contributed by atoms with Crippen LogP contribution < -0.4 is 4.74 Å². The van der Waals surface area contributed by atoms with Crippen LogP contribution in [-0.4, -0.2) is 52.6 Å². The van der Waals surface area contributed by atoms with Crippen LogP contribution in [0, 0.1) is 5.92 Å². The van der Waals surface area contributed by atoms with Crippen LogP contribution in [0.4, 0.5) is 0 Å². The number of piperidine rings is 2. The molecule has 2 saturated heterocycles. The van der Waals surface area contributed by atoms with Gasteiger partial charge in [-0.2, -0.15) is 0 Å². The van der Waals surface area contributed by atoms with Crippen LogP contribution >= 0.6 is 0 Å². The highest BCUT2D eigenvalue weighted by Crippen LogP contribution is 2.34. The Morgan fingerprint density at radius 3 is 2.66 bits per heavy atom. The van der Waals surface area contributed by atoms with Crippen LogP contribution in [0.3, 0.4) is 0 Å². The molecule has 7 heteroatoms. The Hall–Kier alpha value is -2.41. The topological polar surface area (TPSA) is 71.7 Å². The van der Waals surface area contributed by atoms with E-state index in [1.807, 2.05) is 17.0 Å². The fourth-order valence-electron chi connectivity index (χ4n) is 4.87. The largest absolute Gasteiger partial charge is 0.497 e. The van der Waals surface area contributed by atoms with Crippen molar-refractivity contribution in [2.45, 2.75) is 70.9 Å². The minimum atomic E-state index is -0.0654. The molecule has 174 valence electrons. The molecule has 0 saturated carbocycles. The summed E-state index contributed by atoms with van der Waals surface area (Å²) < 4.78 is 11.5. The second-order valence-corrected chi connectivity index (χ2v) is 9.58. The molecule has 1 atom stereocenters. The summed E-state index contributed by atoms with van der Waals surface area (Å²) in [6, 6.07) is 8.21. The van der Waals surface area contributed by atoms with Crippen LogP contribution in [0.25, 0.3) is 0 Å². The van der Waals surface area contributed by atoms with Crippen molar-refractivity contribution in [2.75, 3.05) is 26.7 Å². The molecule has 4 rings (SSSR count). The molecule has 2 aliphatic heterocycles. The minimum Gasteiger partial charge on any atom is -0.497 e. The average molecular weight is 441 g/mol. The summed E-state index contributed by atoms with van der Waals surface area (Å²) in [7, 11) is 1.70. The summed E-state index contributed by atoms with van der Waals surface area (Å²) in [5.74, 6) is 3.11. The van der Waals surface area contributed by atoms with Crippen LogP contribution in [0.5, 0.6) is 5.75 Å². The molecule has 7 nitrogen and oxygen atoms in total. The molecule has 32 heavy (non-hydrogen) atoms. The molecule has 1 amide bonds. The zero-order valence-electron chi connectivity index (χ0n) is 19.6. The number of likely N-dealkylation sites (tertiary alicyclic amines) is 2. The van der Waals surface area contributed by atoms with E-state index in [2.05, 4.69) is 41.1 Å². The monoisotopic (exact) mass is 440 g/mol. The number of carbonyl (C=O) groups is 1. The molecule has 3 heterocycles. The summed E-state index contributed by atoms with van der Waals surface area (Å²) in [4.78, 5) is 17.2. The van der Waals surface area contributed by atoms with Crippen molar-refractivity contribution < 1.29 is 13.9 Å². The highest BCUT2D eigenvalue weighted by Gasteiger charge is 2.33. The maximum absolute atomic E-state index is 12.7. The highest BCUT2D eigenvalue weighted by atomic mass is 16.5. The number of benzene rings is 1. The van der Waals surface area contributed by atoms with Crippen molar-refractivity contribution in [3.8, 4) is 5.75 Å². The molecule has 0 spiro atoms. The lowest BCUT2D eigenvalue weighted by Crippen LogP contribution is -2.39. The average Bonchev–Trinajstić information content (AvgIpc) is 3.29. The van der Waals surface area contributed by atoms with Crippen LogP contribution in [0.2, 0.25) is 0 Å². The van der Waals surface area contributed by atoms with E-state index in [4.69, 9.17) is 9.15 Å². The Bertz CT molecular complexity index is 889. The normalized spacial score (nSPS) is 20.6. The van der Waals surface area contributed by atoms with Gasteiger partial charge in [0.15, 0.2) is 0 Å². The Balaban J connectivity index is 1.35. The first kappa shape index (κ1) is 22.8. The van der Waals surface area contributed by atoms with Gasteiger partial charge in [-0.3, -0.25) is 9.69 Å². The molecule has 0 unspecified atom stereocenters. The summed E-state index contributed by atoms with van der Waals surface area (Å²) in [6.45, 7) is 7.89.